The van der Waals surface area contributed by atoms with Crippen LogP contribution in [0.1, 0.15) is 0 Å². The SMILES string of the molecule is C=COC(F)(F)C(F)(F)F. The average Bonchev–Trinajstić information content (AvgIpc) is 1.61. The Labute approximate surface area is 53.1 Å². The van der Waals surface area contributed by atoms with Gasteiger partial charge in [-0.2, -0.15) is 22.0 Å². The Hall–Kier alpha value is -0.810. The van der Waals surface area contributed by atoms with Gasteiger partial charge in [-0.3, -0.25) is 0 Å². The lowest BCUT2D eigenvalue weighted by atomic mass is 10.6. The van der Waals surface area contributed by atoms with Gasteiger partial charge >= 0.3 is 12.3 Å². The first-order valence-corrected chi connectivity index (χ1v) is 2.04. The minimum atomic E-state index is -5.68. The van der Waals surface area contributed by atoms with Crippen LogP contribution in [-0.2, 0) is 4.74 Å². The van der Waals surface area contributed by atoms with Crippen molar-refractivity contribution in [1.29, 1.82) is 0 Å². The van der Waals surface area contributed by atoms with Gasteiger partial charge in [0.15, 0.2) is 0 Å². The summed E-state index contributed by atoms with van der Waals surface area (Å²) in [5.41, 5.74) is 0. The van der Waals surface area contributed by atoms with Gasteiger partial charge in [0.1, 0.15) is 0 Å². The van der Waals surface area contributed by atoms with Crippen LogP contribution in [0.4, 0.5) is 22.0 Å². The maximum Gasteiger partial charge on any atom is 0.498 e. The molecule has 0 heterocycles. The first kappa shape index (κ1) is 9.19. The highest BCUT2D eigenvalue weighted by atomic mass is 19.4. The standard InChI is InChI=1S/C4H3F5O/c1-2-10-4(8,9)3(5,6)7/h2H,1H2. The van der Waals surface area contributed by atoms with E-state index in [2.05, 4.69) is 11.3 Å². The van der Waals surface area contributed by atoms with Gasteiger partial charge in [-0.1, -0.05) is 6.58 Å². The number of hydrogen-bond acceptors (Lipinski definition) is 1. The smallest absolute Gasteiger partial charge is 0.434 e. The Bertz CT molecular complexity index is 126. The van der Waals surface area contributed by atoms with Crippen LogP contribution in [0.15, 0.2) is 12.8 Å². The summed E-state index contributed by atoms with van der Waals surface area (Å²) in [5, 5.41) is 0. The van der Waals surface area contributed by atoms with Crippen LogP contribution in [-0.4, -0.2) is 12.3 Å². The van der Waals surface area contributed by atoms with Crippen molar-refractivity contribution in [3.63, 3.8) is 0 Å². The van der Waals surface area contributed by atoms with E-state index in [0.29, 0.717) is 0 Å². The molecule has 0 fully saturated rings. The highest BCUT2D eigenvalue weighted by Gasteiger charge is 2.60. The quantitative estimate of drug-likeness (QED) is 0.447. The van der Waals surface area contributed by atoms with Gasteiger partial charge < -0.3 is 4.74 Å². The van der Waals surface area contributed by atoms with Crippen molar-refractivity contribution in [3.05, 3.63) is 12.8 Å². The van der Waals surface area contributed by atoms with Crippen LogP contribution in [0, 0.1) is 0 Å². The molecule has 6 heteroatoms. The van der Waals surface area contributed by atoms with Crippen LogP contribution >= 0.6 is 0 Å². The lowest BCUT2D eigenvalue weighted by Gasteiger charge is -2.16. The monoisotopic (exact) mass is 162 g/mol. The largest absolute Gasteiger partial charge is 0.498 e. The number of alkyl halides is 5. The Morgan fingerprint density at radius 2 is 1.50 bits per heavy atom. The van der Waals surface area contributed by atoms with Gasteiger partial charge in [0.25, 0.3) is 0 Å². The zero-order valence-corrected chi connectivity index (χ0v) is 4.58. The first-order valence-electron chi connectivity index (χ1n) is 2.04. The summed E-state index contributed by atoms with van der Waals surface area (Å²) in [6.45, 7) is 2.56. The molecule has 0 atom stereocenters. The van der Waals surface area contributed by atoms with Crippen molar-refractivity contribution >= 4 is 0 Å². The van der Waals surface area contributed by atoms with E-state index in [9.17, 15) is 22.0 Å². The summed E-state index contributed by atoms with van der Waals surface area (Å²) in [5.74, 6) is 0. The molecule has 0 saturated carbocycles. The summed E-state index contributed by atoms with van der Waals surface area (Å²) in [6.07, 6.45) is -10.8. The van der Waals surface area contributed by atoms with Crippen LogP contribution in [0.25, 0.3) is 0 Å². The van der Waals surface area contributed by atoms with Crippen molar-refractivity contribution in [2.45, 2.75) is 12.3 Å². The molecule has 0 unspecified atom stereocenters. The predicted octanol–water partition coefficient (Wildman–Crippen LogP) is 2.30. The van der Waals surface area contributed by atoms with Gasteiger partial charge in [0.2, 0.25) is 0 Å². The molecule has 0 N–H and O–H groups in total. The second kappa shape index (κ2) is 2.43. The molecule has 0 aromatic rings. The molecule has 0 radical (unpaired) electrons. The highest BCUT2D eigenvalue weighted by Crippen LogP contribution is 2.36. The topological polar surface area (TPSA) is 9.23 Å². The molecule has 10 heavy (non-hydrogen) atoms. The van der Waals surface area contributed by atoms with Gasteiger partial charge in [0.05, 0.1) is 6.26 Å². The Morgan fingerprint density at radius 1 is 1.10 bits per heavy atom. The second-order valence-corrected chi connectivity index (χ2v) is 1.30. The Kier molecular flexibility index (Phi) is 2.24. The molecule has 1 nitrogen and oxygen atoms in total. The fourth-order valence-electron chi connectivity index (χ4n) is 0.171. The molecule has 0 amide bonds. The second-order valence-electron chi connectivity index (χ2n) is 1.30. The molecule has 0 rings (SSSR count). The van der Waals surface area contributed by atoms with E-state index < -0.39 is 12.3 Å². The van der Waals surface area contributed by atoms with Gasteiger partial charge in [0, 0.05) is 0 Å². The van der Waals surface area contributed by atoms with Gasteiger partial charge in [-0.25, -0.2) is 0 Å². The predicted molar refractivity (Wildman–Crippen MR) is 22.3 cm³/mol. The summed E-state index contributed by atoms with van der Waals surface area (Å²) in [7, 11) is 0. The molecule has 0 aliphatic carbocycles. The van der Waals surface area contributed by atoms with Crippen LogP contribution in [0.3, 0.4) is 0 Å². The van der Waals surface area contributed by atoms with Crippen molar-refractivity contribution in [2.75, 3.05) is 0 Å². The van der Waals surface area contributed by atoms with Crippen molar-refractivity contribution in [2.24, 2.45) is 0 Å². The summed E-state index contributed by atoms with van der Waals surface area (Å²) < 4.78 is 59.2. The van der Waals surface area contributed by atoms with E-state index >= 15 is 0 Å². The fourth-order valence-corrected chi connectivity index (χ4v) is 0.171. The minimum absolute atomic E-state index is 0.0352. The molecular formula is C4H3F5O. The van der Waals surface area contributed by atoms with Crippen LogP contribution in [0.2, 0.25) is 0 Å². The molecular weight excluding hydrogens is 159 g/mol. The number of halogens is 5. The van der Waals surface area contributed by atoms with Crippen molar-refractivity contribution in [3.8, 4) is 0 Å². The number of hydrogen-bond donors (Lipinski definition) is 0. The van der Waals surface area contributed by atoms with Crippen LogP contribution in [0.5, 0.6) is 0 Å². The van der Waals surface area contributed by atoms with E-state index in [0.717, 1.165) is 0 Å². The third-order valence-corrected chi connectivity index (χ3v) is 0.561. The van der Waals surface area contributed by atoms with Crippen molar-refractivity contribution in [1.82, 2.24) is 0 Å². The van der Waals surface area contributed by atoms with Crippen molar-refractivity contribution < 1.29 is 26.7 Å². The lowest BCUT2D eigenvalue weighted by molar-refractivity contribution is -0.375. The lowest BCUT2D eigenvalue weighted by Crippen LogP contribution is -2.37. The minimum Gasteiger partial charge on any atom is -0.434 e. The molecule has 0 aliphatic heterocycles. The molecule has 0 aromatic carbocycles. The molecule has 0 saturated heterocycles. The Balaban J connectivity index is 4.23. The zero-order chi connectivity index (χ0) is 8.41. The number of rotatable bonds is 2. The van der Waals surface area contributed by atoms with E-state index in [4.69, 9.17) is 0 Å². The third kappa shape index (κ3) is 1.85. The third-order valence-electron chi connectivity index (χ3n) is 0.561. The molecule has 60 valence electrons. The van der Waals surface area contributed by atoms with E-state index in [1.54, 1.807) is 0 Å². The Morgan fingerprint density at radius 3 is 1.60 bits per heavy atom. The highest BCUT2D eigenvalue weighted by molar-refractivity contribution is 4.67. The summed E-state index contributed by atoms with van der Waals surface area (Å²) >= 11 is 0. The molecule has 0 bridgehead atoms. The van der Waals surface area contributed by atoms with Gasteiger partial charge in [-0.05, 0) is 0 Å². The maximum absolute atomic E-state index is 11.5. The van der Waals surface area contributed by atoms with Gasteiger partial charge in [-0.15, -0.1) is 0 Å². The first-order chi connectivity index (χ1) is 4.31. The normalized spacial score (nSPS) is 12.9. The van der Waals surface area contributed by atoms with E-state index in [1.165, 1.54) is 0 Å². The molecule has 0 aliphatic rings. The maximum atomic E-state index is 11.5. The zero-order valence-electron chi connectivity index (χ0n) is 4.58. The summed E-state index contributed by atoms with van der Waals surface area (Å²) in [6, 6.07) is 0. The summed E-state index contributed by atoms with van der Waals surface area (Å²) in [4.78, 5) is 0. The number of ether oxygens (including phenoxy) is 1. The van der Waals surface area contributed by atoms with E-state index in [-0.39, 0.29) is 6.26 Å². The average molecular weight is 162 g/mol. The fraction of sp³-hybridized carbons (Fsp3) is 0.500. The van der Waals surface area contributed by atoms with Crippen LogP contribution < -0.4 is 0 Å². The van der Waals surface area contributed by atoms with E-state index in [1.807, 2.05) is 0 Å². The molecule has 0 aromatic heterocycles. The molecule has 0 spiro atoms.